The molecule has 1 amide bonds. The van der Waals surface area contributed by atoms with Gasteiger partial charge in [0, 0.05) is 13.1 Å². The van der Waals surface area contributed by atoms with Gasteiger partial charge >= 0.3 is 0 Å². The minimum Gasteiger partial charge on any atom is -0.358 e. The van der Waals surface area contributed by atoms with Gasteiger partial charge < -0.3 is 10.6 Å². The minimum atomic E-state index is -3.34. The molecule has 1 saturated carbocycles. The molecule has 0 aliphatic heterocycles. The van der Waals surface area contributed by atoms with Crippen LogP contribution in [0.1, 0.15) is 32.6 Å². The molecule has 0 heterocycles. The molecule has 1 rings (SSSR count). The Morgan fingerprint density at radius 3 is 2.53 bits per heavy atom. The SMILES string of the molecule is CCNC1CCCCC1S(=O)(=O)CC(=O)NC. The summed E-state index contributed by atoms with van der Waals surface area (Å²) < 4.78 is 24.3. The highest BCUT2D eigenvalue weighted by Crippen LogP contribution is 2.25. The molecule has 0 aromatic carbocycles. The van der Waals surface area contributed by atoms with Crippen LogP contribution in [0, 0.1) is 0 Å². The molecule has 0 aromatic rings. The molecule has 5 nitrogen and oxygen atoms in total. The molecular formula is C11H22N2O3S. The number of rotatable bonds is 5. The van der Waals surface area contributed by atoms with Gasteiger partial charge in [0.1, 0.15) is 5.75 Å². The molecule has 0 aromatic heterocycles. The van der Waals surface area contributed by atoms with E-state index in [2.05, 4.69) is 10.6 Å². The Bertz CT molecular complexity index is 352. The molecule has 1 aliphatic rings. The van der Waals surface area contributed by atoms with E-state index in [9.17, 15) is 13.2 Å². The first-order chi connectivity index (χ1) is 8.01. The summed E-state index contributed by atoms with van der Waals surface area (Å²) in [7, 11) is -1.88. The summed E-state index contributed by atoms with van der Waals surface area (Å²) in [6, 6.07) is 0.00315. The maximum atomic E-state index is 12.1. The van der Waals surface area contributed by atoms with Gasteiger partial charge in [-0.1, -0.05) is 19.8 Å². The zero-order valence-electron chi connectivity index (χ0n) is 10.5. The van der Waals surface area contributed by atoms with E-state index in [1.165, 1.54) is 7.05 Å². The fraction of sp³-hybridized carbons (Fsp3) is 0.909. The van der Waals surface area contributed by atoms with E-state index in [4.69, 9.17) is 0 Å². The highest BCUT2D eigenvalue weighted by atomic mass is 32.2. The Labute approximate surface area is 103 Å². The Morgan fingerprint density at radius 1 is 1.29 bits per heavy atom. The topological polar surface area (TPSA) is 75.3 Å². The van der Waals surface area contributed by atoms with Gasteiger partial charge in [-0.25, -0.2) is 8.42 Å². The van der Waals surface area contributed by atoms with Crippen LogP contribution < -0.4 is 10.6 Å². The highest BCUT2D eigenvalue weighted by molar-refractivity contribution is 7.92. The number of carbonyl (C=O) groups excluding carboxylic acids is 1. The molecule has 1 aliphatic carbocycles. The van der Waals surface area contributed by atoms with Crippen molar-refractivity contribution in [3.8, 4) is 0 Å². The van der Waals surface area contributed by atoms with Crippen molar-refractivity contribution in [2.45, 2.75) is 43.9 Å². The Morgan fingerprint density at radius 2 is 1.94 bits per heavy atom. The van der Waals surface area contributed by atoms with Crippen LogP contribution in [0.15, 0.2) is 0 Å². The smallest absolute Gasteiger partial charge is 0.234 e. The first-order valence-electron chi connectivity index (χ1n) is 6.16. The molecule has 0 bridgehead atoms. The second-order valence-corrected chi connectivity index (χ2v) is 6.69. The molecule has 17 heavy (non-hydrogen) atoms. The summed E-state index contributed by atoms with van der Waals surface area (Å²) >= 11 is 0. The van der Waals surface area contributed by atoms with Crippen molar-refractivity contribution in [2.75, 3.05) is 19.3 Å². The monoisotopic (exact) mass is 262 g/mol. The number of carbonyl (C=O) groups is 1. The van der Waals surface area contributed by atoms with E-state index in [1.54, 1.807) is 0 Å². The average molecular weight is 262 g/mol. The lowest BCUT2D eigenvalue weighted by molar-refractivity contribution is -0.118. The molecule has 0 radical (unpaired) electrons. The van der Waals surface area contributed by atoms with Crippen molar-refractivity contribution in [1.82, 2.24) is 10.6 Å². The number of nitrogens with one attached hydrogen (secondary N) is 2. The van der Waals surface area contributed by atoms with E-state index in [0.29, 0.717) is 6.42 Å². The van der Waals surface area contributed by atoms with E-state index < -0.39 is 26.7 Å². The quantitative estimate of drug-likeness (QED) is 0.735. The van der Waals surface area contributed by atoms with Gasteiger partial charge in [0.05, 0.1) is 5.25 Å². The lowest BCUT2D eigenvalue weighted by Crippen LogP contribution is -2.48. The normalized spacial score (nSPS) is 25.5. The summed E-state index contributed by atoms with van der Waals surface area (Å²) in [6.07, 6.45) is 3.53. The Kier molecular flexibility index (Phi) is 5.39. The number of amides is 1. The minimum absolute atomic E-state index is 0.00315. The molecule has 2 N–H and O–H groups in total. The summed E-state index contributed by atoms with van der Waals surface area (Å²) in [5, 5.41) is 5.18. The Hall–Kier alpha value is -0.620. The van der Waals surface area contributed by atoms with Crippen molar-refractivity contribution in [1.29, 1.82) is 0 Å². The molecule has 100 valence electrons. The van der Waals surface area contributed by atoms with Gasteiger partial charge in [0.2, 0.25) is 5.91 Å². The van der Waals surface area contributed by atoms with E-state index >= 15 is 0 Å². The van der Waals surface area contributed by atoms with Crippen LogP contribution >= 0.6 is 0 Å². The van der Waals surface area contributed by atoms with E-state index in [0.717, 1.165) is 25.8 Å². The van der Waals surface area contributed by atoms with Crippen molar-refractivity contribution in [2.24, 2.45) is 0 Å². The maximum absolute atomic E-state index is 12.1. The van der Waals surface area contributed by atoms with Crippen LogP contribution in [0.4, 0.5) is 0 Å². The molecule has 0 saturated heterocycles. The third-order valence-corrected chi connectivity index (χ3v) is 5.39. The van der Waals surface area contributed by atoms with Crippen LogP contribution in [0.25, 0.3) is 0 Å². The molecular weight excluding hydrogens is 240 g/mol. The summed E-state index contributed by atoms with van der Waals surface area (Å²) in [6.45, 7) is 2.73. The number of sulfone groups is 1. The van der Waals surface area contributed by atoms with Gasteiger partial charge in [0.25, 0.3) is 0 Å². The zero-order chi connectivity index (χ0) is 12.9. The maximum Gasteiger partial charge on any atom is 0.234 e. The molecule has 0 spiro atoms. The number of hydrogen-bond acceptors (Lipinski definition) is 4. The first-order valence-corrected chi connectivity index (χ1v) is 7.88. The van der Waals surface area contributed by atoms with Crippen LogP contribution in [0.2, 0.25) is 0 Å². The summed E-state index contributed by atoms with van der Waals surface area (Å²) in [4.78, 5) is 11.2. The van der Waals surface area contributed by atoms with Gasteiger partial charge in [-0.15, -0.1) is 0 Å². The van der Waals surface area contributed by atoms with Gasteiger partial charge in [-0.05, 0) is 19.4 Å². The summed E-state index contributed by atoms with van der Waals surface area (Å²) in [5.74, 6) is -0.818. The lowest BCUT2D eigenvalue weighted by Gasteiger charge is -2.31. The van der Waals surface area contributed by atoms with Crippen molar-refractivity contribution >= 4 is 15.7 Å². The van der Waals surface area contributed by atoms with Gasteiger partial charge in [-0.3, -0.25) is 4.79 Å². The standard InChI is InChI=1S/C11H22N2O3S/c1-3-13-9-6-4-5-7-10(9)17(15,16)8-11(14)12-2/h9-10,13H,3-8H2,1-2H3,(H,12,14). The van der Waals surface area contributed by atoms with Crippen LogP contribution in [0.5, 0.6) is 0 Å². The molecule has 1 fully saturated rings. The molecule has 2 unspecified atom stereocenters. The van der Waals surface area contributed by atoms with Crippen molar-refractivity contribution in [3.63, 3.8) is 0 Å². The third-order valence-electron chi connectivity index (χ3n) is 3.24. The van der Waals surface area contributed by atoms with Crippen LogP contribution in [-0.4, -0.2) is 45.0 Å². The van der Waals surface area contributed by atoms with Crippen LogP contribution in [0.3, 0.4) is 0 Å². The average Bonchev–Trinajstić information content (AvgIpc) is 2.29. The number of hydrogen-bond donors (Lipinski definition) is 2. The second-order valence-electron chi connectivity index (χ2n) is 4.47. The van der Waals surface area contributed by atoms with Crippen molar-refractivity contribution < 1.29 is 13.2 Å². The predicted octanol–water partition coefficient (Wildman–Crippen LogP) is 0.0679. The lowest BCUT2D eigenvalue weighted by atomic mass is 9.95. The van der Waals surface area contributed by atoms with Gasteiger partial charge in [0.15, 0.2) is 9.84 Å². The van der Waals surface area contributed by atoms with E-state index in [1.807, 2.05) is 6.92 Å². The predicted molar refractivity (Wildman–Crippen MR) is 67.6 cm³/mol. The van der Waals surface area contributed by atoms with Crippen molar-refractivity contribution in [3.05, 3.63) is 0 Å². The van der Waals surface area contributed by atoms with E-state index in [-0.39, 0.29) is 6.04 Å². The first kappa shape index (κ1) is 14.4. The van der Waals surface area contributed by atoms with Gasteiger partial charge in [-0.2, -0.15) is 0 Å². The fourth-order valence-electron chi connectivity index (χ4n) is 2.38. The largest absolute Gasteiger partial charge is 0.358 e. The molecule has 2 atom stereocenters. The van der Waals surface area contributed by atoms with Crippen LogP contribution in [-0.2, 0) is 14.6 Å². The third kappa shape index (κ3) is 3.96. The summed E-state index contributed by atoms with van der Waals surface area (Å²) in [5.41, 5.74) is 0. The highest BCUT2D eigenvalue weighted by Gasteiger charge is 2.35. The second kappa shape index (κ2) is 6.35. The Balaban J connectivity index is 2.75. The zero-order valence-corrected chi connectivity index (χ0v) is 11.3. The fourth-order valence-corrected chi connectivity index (χ4v) is 4.37. The molecule has 6 heteroatoms.